The molecule has 2 aromatic heterocycles. The number of hydrogen-bond donors (Lipinski definition) is 1. The number of piperidine rings is 1. The number of carbonyl (C=O) groups is 3. The molecule has 0 spiro atoms. The average molecular weight is 454 g/mol. The third-order valence-electron chi connectivity index (χ3n) is 6.10. The van der Waals surface area contributed by atoms with Gasteiger partial charge in [-0.15, -0.1) is 0 Å². The second-order valence-electron chi connectivity index (χ2n) is 8.64. The Labute approximate surface area is 193 Å². The van der Waals surface area contributed by atoms with Gasteiger partial charge in [0, 0.05) is 12.7 Å². The minimum atomic E-state index is -0.591. The van der Waals surface area contributed by atoms with Gasteiger partial charge in [0.25, 0.3) is 11.8 Å². The summed E-state index contributed by atoms with van der Waals surface area (Å²) in [5.74, 6) is -0.171. The molecule has 0 aliphatic carbocycles. The summed E-state index contributed by atoms with van der Waals surface area (Å²) < 4.78 is 5.34. The Bertz CT molecular complexity index is 987. The zero-order valence-corrected chi connectivity index (χ0v) is 19.2. The van der Waals surface area contributed by atoms with Gasteiger partial charge in [-0.1, -0.05) is 20.3 Å². The fraction of sp³-hybridized carbons (Fsp3) is 0.500. The molecule has 0 aromatic carbocycles. The van der Waals surface area contributed by atoms with Crippen molar-refractivity contribution in [1.82, 2.24) is 20.1 Å². The molecule has 0 bridgehead atoms. The maximum Gasteiger partial charge on any atom is 0.295 e. The van der Waals surface area contributed by atoms with Gasteiger partial charge in [0.2, 0.25) is 5.91 Å². The Kier molecular flexibility index (Phi) is 7.08. The van der Waals surface area contributed by atoms with E-state index in [2.05, 4.69) is 24.1 Å². The standard InChI is InChI=1S/C21H23N5O4.C3H8/c27-18-13-25-17(12-24(18)11-14-5-8-22-9-6-14)26(20(28)16-4-2-10-30-16)15-3-1-7-23-19(15)21(25)29;1-3-2/h1-4,7,10,14,17,22H,5-6,8-9,11-13H2;3H2,1-2H3. The molecule has 2 fully saturated rings. The maximum atomic E-state index is 13.3. The summed E-state index contributed by atoms with van der Waals surface area (Å²) in [6, 6.07) is 6.66. The lowest BCUT2D eigenvalue weighted by molar-refractivity contribution is -0.138. The predicted molar refractivity (Wildman–Crippen MR) is 123 cm³/mol. The molecule has 0 saturated carbocycles. The van der Waals surface area contributed by atoms with Crippen LogP contribution in [0.5, 0.6) is 0 Å². The number of pyridine rings is 1. The third kappa shape index (κ3) is 4.64. The quantitative estimate of drug-likeness (QED) is 0.766. The van der Waals surface area contributed by atoms with Crippen molar-refractivity contribution < 1.29 is 18.8 Å². The fourth-order valence-electron chi connectivity index (χ4n) is 4.55. The first-order valence-electron chi connectivity index (χ1n) is 11.7. The lowest BCUT2D eigenvalue weighted by atomic mass is 9.96. The number of hydrogen-bond acceptors (Lipinski definition) is 6. The highest BCUT2D eigenvalue weighted by molar-refractivity contribution is 6.12. The first-order chi connectivity index (χ1) is 16.0. The van der Waals surface area contributed by atoms with Crippen LogP contribution in [-0.2, 0) is 4.79 Å². The molecule has 9 heteroatoms. The van der Waals surface area contributed by atoms with Gasteiger partial charge in [-0.25, -0.2) is 4.98 Å². The molecule has 176 valence electrons. The van der Waals surface area contributed by atoms with Crippen molar-refractivity contribution in [3.8, 4) is 0 Å². The molecule has 2 aromatic rings. The summed E-state index contributed by atoms with van der Waals surface area (Å²) in [6.45, 7) is 7.00. The van der Waals surface area contributed by atoms with E-state index in [1.807, 2.05) is 0 Å². The molecule has 2 saturated heterocycles. The van der Waals surface area contributed by atoms with Crippen molar-refractivity contribution >= 4 is 23.4 Å². The van der Waals surface area contributed by atoms with Gasteiger partial charge in [0.15, 0.2) is 11.5 Å². The highest BCUT2D eigenvalue weighted by atomic mass is 16.3. The average Bonchev–Trinajstić information content (AvgIpc) is 3.37. The molecular formula is C24H31N5O4. The van der Waals surface area contributed by atoms with E-state index >= 15 is 0 Å². The summed E-state index contributed by atoms with van der Waals surface area (Å²) >= 11 is 0. The van der Waals surface area contributed by atoms with E-state index in [1.165, 1.54) is 23.8 Å². The summed E-state index contributed by atoms with van der Waals surface area (Å²) in [7, 11) is 0. The molecule has 1 atom stereocenters. The van der Waals surface area contributed by atoms with E-state index in [9.17, 15) is 14.4 Å². The van der Waals surface area contributed by atoms with Gasteiger partial charge in [0.05, 0.1) is 18.5 Å². The van der Waals surface area contributed by atoms with E-state index in [0.29, 0.717) is 18.2 Å². The monoisotopic (exact) mass is 453 g/mol. The number of aromatic nitrogens is 1. The number of furan rings is 1. The van der Waals surface area contributed by atoms with Crippen molar-refractivity contribution in [3.05, 3.63) is 48.2 Å². The van der Waals surface area contributed by atoms with Crippen LogP contribution in [0, 0.1) is 5.92 Å². The number of nitrogens with one attached hydrogen (secondary N) is 1. The summed E-state index contributed by atoms with van der Waals surface area (Å²) in [5, 5.41) is 3.34. The fourth-order valence-corrected chi connectivity index (χ4v) is 4.55. The highest BCUT2D eigenvalue weighted by Gasteiger charge is 2.47. The second-order valence-corrected chi connectivity index (χ2v) is 8.64. The zero-order valence-electron chi connectivity index (χ0n) is 19.2. The Morgan fingerprint density at radius 3 is 2.64 bits per heavy atom. The number of amides is 3. The summed E-state index contributed by atoms with van der Waals surface area (Å²) in [4.78, 5) is 48.2. The largest absolute Gasteiger partial charge is 0.459 e. The molecule has 9 nitrogen and oxygen atoms in total. The zero-order chi connectivity index (χ0) is 23.4. The number of nitrogens with zero attached hydrogens (tertiary/aromatic N) is 4. The van der Waals surface area contributed by atoms with E-state index in [-0.39, 0.29) is 42.3 Å². The Morgan fingerprint density at radius 2 is 1.94 bits per heavy atom. The predicted octanol–water partition coefficient (Wildman–Crippen LogP) is 2.36. The Morgan fingerprint density at radius 1 is 1.18 bits per heavy atom. The molecule has 5 heterocycles. The van der Waals surface area contributed by atoms with Gasteiger partial charge in [-0.3, -0.25) is 19.3 Å². The van der Waals surface area contributed by atoms with E-state index in [0.717, 1.165) is 25.9 Å². The van der Waals surface area contributed by atoms with Crippen LogP contribution in [-0.4, -0.2) is 71.4 Å². The number of anilines is 1. The van der Waals surface area contributed by atoms with E-state index in [1.54, 1.807) is 34.1 Å². The van der Waals surface area contributed by atoms with Crippen LogP contribution in [0.2, 0.25) is 0 Å². The molecule has 3 amide bonds. The molecule has 0 radical (unpaired) electrons. The van der Waals surface area contributed by atoms with Gasteiger partial charge >= 0.3 is 0 Å². The van der Waals surface area contributed by atoms with E-state index in [4.69, 9.17) is 4.42 Å². The van der Waals surface area contributed by atoms with Crippen LogP contribution in [0.3, 0.4) is 0 Å². The maximum absolute atomic E-state index is 13.3. The van der Waals surface area contributed by atoms with Crippen LogP contribution < -0.4 is 10.2 Å². The normalized spacial score (nSPS) is 20.7. The van der Waals surface area contributed by atoms with Crippen molar-refractivity contribution in [3.63, 3.8) is 0 Å². The minimum absolute atomic E-state index is 0.0631. The minimum Gasteiger partial charge on any atom is -0.459 e. The SMILES string of the molecule is CCC.O=C1CN2C(=O)c3ncccc3N(C(=O)c3ccco3)C2CN1CC1CCNCC1. The molecule has 3 aliphatic heterocycles. The highest BCUT2D eigenvalue weighted by Crippen LogP contribution is 2.33. The second kappa shape index (κ2) is 10.2. The van der Waals surface area contributed by atoms with Crippen molar-refractivity contribution in [1.29, 1.82) is 0 Å². The van der Waals surface area contributed by atoms with Crippen molar-refractivity contribution in [2.75, 3.05) is 37.6 Å². The van der Waals surface area contributed by atoms with Crippen LogP contribution >= 0.6 is 0 Å². The van der Waals surface area contributed by atoms with Crippen LogP contribution in [0.15, 0.2) is 41.1 Å². The Hall–Kier alpha value is -3.20. The smallest absolute Gasteiger partial charge is 0.295 e. The van der Waals surface area contributed by atoms with E-state index < -0.39 is 6.17 Å². The molecule has 5 rings (SSSR count). The first kappa shape index (κ1) is 23.0. The number of piperazine rings is 1. The van der Waals surface area contributed by atoms with Crippen LogP contribution in [0.1, 0.15) is 54.2 Å². The topological polar surface area (TPSA) is 99.0 Å². The molecule has 33 heavy (non-hydrogen) atoms. The third-order valence-corrected chi connectivity index (χ3v) is 6.10. The molecular weight excluding hydrogens is 422 g/mol. The first-order valence-corrected chi connectivity index (χ1v) is 11.7. The van der Waals surface area contributed by atoms with Gasteiger partial charge in [-0.05, 0) is 56.1 Å². The van der Waals surface area contributed by atoms with Gasteiger partial charge in [-0.2, -0.15) is 0 Å². The lowest BCUT2D eigenvalue weighted by Crippen LogP contribution is -2.67. The molecule has 1 unspecified atom stereocenters. The molecule has 1 N–H and O–H groups in total. The summed E-state index contributed by atoms with van der Waals surface area (Å²) in [5.41, 5.74) is 0.620. The van der Waals surface area contributed by atoms with Crippen LogP contribution in [0.25, 0.3) is 0 Å². The summed E-state index contributed by atoms with van der Waals surface area (Å²) in [6.07, 6.45) is 5.64. The van der Waals surface area contributed by atoms with Crippen LogP contribution in [0.4, 0.5) is 5.69 Å². The van der Waals surface area contributed by atoms with Crippen molar-refractivity contribution in [2.45, 2.75) is 39.3 Å². The number of rotatable bonds is 3. The van der Waals surface area contributed by atoms with Gasteiger partial charge in [0.1, 0.15) is 12.7 Å². The lowest BCUT2D eigenvalue weighted by Gasteiger charge is -2.49. The van der Waals surface area contributed by atoms with Crippen molar-refractivity contribution in [2.24, 2.45) is 5.92 Å². The Balaban J connectivity index is 0.000000821. The molecule has 3 aliphatic rings. The number of carbonyl (C=O) groups excluding carboxylic acids is 3. The van der Waals surface area contributed by atoms with Gasteiger partial charge < -0.3 is 19.5 Å². The number of fused-ring (bicyclic) bond motifs is 2.